The molecule has 2 rings (SSSR count). The number of amides is 2. The zero-order valence-electron chi connectivity index (χ0n) is 15.4. The minimum atomic E-state index is -0.150. The Labute approximate surface area is 159 Å². The highest BCUT2D eigenvalue weighted by Crippen LogP contribution is 2.15. The lowest BCUT2D eigenvalue weighted by atomic mass is 10.2. The Hall–Kier alpha value is -2.40. The van der Waals surface area contributed by atoms with Gasteiger partial charge < -0.3 is 9.80 Å². The molecule has 138 valence electrons. The first-order valence-electron chi connectivity index (χ1n) is 8.75. The predicted molar refractivity (Wildman–Crippen MR) is 107 cm³/mol. The molecule has 0 aliphatic carbocycles. The summed E-state index contributed by atoms with van der Waals surface area (Å²) >= 11 is 1.63. The number of thiophene rings is 1. The van der Waals surface area contributed by atoms with Crippen LogP contribution in [0.3, 0.4) is 0 Å². The first kappa shape index (κ1) is 19.9. The number of rotatable bonds is 9. The van der Waals surface area contributed by atoms with Crippen molar-refractivity contribution in [3.8, 4) is 0 Å². The van der Waals surface area contributed by atoms with E-state index < -0.39 is 0 Å². The summed E-state index contributed by atoms with van der Waals surface area (Å²) in [5.74, 6) is -0.241. The van der Waals surface area contributed by atoms with Gasteiger partial charge in [-0.25, -0.2) is 0 Å². The Morgan fingerprint density at radius 2 is 1.81 bits per heavy atom. The molecular formula is C21H26N2O2S. The van der Waals surface area contributed by atoms with Crippen LogP contribution in [-0.4, -0.2) is 34.7 Å². The van der Waals surface area contributed by atoms with Crippen molar-refractivity contribution >= 4 is 23.2 Å². The van der Waals surface area contributed by atoms with Crippen LogP contribution in [0.2, 0.25) is 0 Å². The van der Waals surface area contributed by atoms with Crippen LogP contribution in [0, 0.1) is 5.92 Å². The molecule has 2 aromatic rings. The van der Waals surface area contributed by atoms with Crippen molar-refractivity contribution in [2.75, 3.05) is 13.1 Å². The second-order valence-electron chi connectivity index (χ2n) is 6.48. The summed E-state index contributed by atoms with van der Waals surface area (Å²) in [6, 6.07) is 13.9. The van der Waals surface area contributed by atoms with Gasteiger partial charge in [0.1, 0.15) is 6.54 Å². The van der Waals surface area contributed by atoms with Gasteiger partial charge in [-0.2, -0.15) is 0 Å². The largest absolute Gasteiger partial charge is 0.332 e. The topological polar surface area (TPSA) is 40.6 Å². The van der Waals surface area contributed by atoms with Crippen LogP contribution in [0.5, 0.6) is 0 Å². The van der Waals surface area contributed by atoms with E-state index in [2.05, 4.69) is 6.58 Å². The van der Waals surface area contributed by atoms with Gasteiger partial charge in [0.25, 0.3) is 0 Å². The smallest absolute Gasteiger partial charge is 0.242 e. The van der Waals surface area contributed by atoms with Gasteiger partial charge in [-0.3, -0.25) is 9.59 Å². The minimum Gasteiger partial charge on any atom is -0.332 e. The van der Waals surface area contributed by atoms with Gasteiger partial charge >= 0.3 is 0 Å². The van der Waals surface area contributed by atoms with Crippen molar-refractivity contribution in [2.45, 2.75) is 26.9 Å². The highest BCUT2D eigenvalue weighted by atomic mass is 32.1. The summed E-state index contributed by atoms with van der Waals surface area (Å²) in [7, 11) is 0. The highest BCUT2D eigenvalue weighted by Gasteiger charge is 2.22. The molecule has 5 heteroatoms. The van der Waals surface area contributed by atoms with E-state index >= 15 is 0 Å². The Bertz CT molecular complexity index is 711. The molecule has 0 saturated heterocycles. The summed E-state index contributed by atoms with van der Waals surface area (Å²) in [5, 5.41) is 2.01. The van der Waals surface area contributed by atoms with Gasteiger partial charge in [0.05, 0.1) is 6.54 Å². The van der Waals surface area contributed by atoms with E-state index in [0.29, 0.717) is 19.6 Å². The van der Waals surface area contributed by atoms with Gasteiger partial charge in [-0.15, -0.1) is 17.9 Å². The number of nitrogens with zero attached hydrogens (tertiary/aromatic N) is 2. The SMILES string of the molecule is C=CCN(CC(=O)N(Cc1ccccc1)Cc1cccs1)C(=O)C(C)C. The molecule has 4 nitrogen and oxygen atoms in total. The van der Waals surface area contributed by atoms with E-state index in [4.69, 9.17) is 0 Å². The lowest BCUT2D eigenvalue weighted by molar-refractivity contribution is -0.142. The van der Waals surface area contributed by atoms with Crippen LogP contribution >= 0.6 is 11.3 Å². The minimum absolute atomic E-state index is 0.0333. The molecule has 0 fully saturated rings. The maximum Gasteiger partial charge on any atom is 0.242 e. The molecule has 1 aromatic carbocycles. The van der Waals surface area contributed by atoms with Gasteiger partial charge in [-0.05, 0) is 17.0 Å². The quantitative estimate of drug-likeness (QED) is 0.627. The third-order valence-electron chi connectivity index (χ3n) is 3.98. The number of benzene rings is 1. The molecular weight excluding hydrogens is 344 g/mol. The zero-order chi connectivity index (χ0) is 18.9. The van der Waals surface area contributed by atoms with Crippen LogP contribution in [-0.2, 0) is 22.7 Å². The Kier molecular flexibility index (Phi) is 7.60. The van der Waals surface area contributed by atoms with Crippen molar-refractivity contribution in [1.82, 2.24) is 9.80 Å². The second-order valence-corrected chi connectivity index (χ2v) is 7.51. The highest BCUT2D eigenvalue weighted by molar-refractivity contribution is 7.09. The first-order valence-corrected chi connectivity index (χ1v) is 9.63. The van der Waals surface area contributed by atoms with Crippen molar-refractivity contribution in [3.05, 3.63) is 70.9 Å². The van der Waals surface area contributed by atoms with Crippen LogP contribution in [0.25, 0.3) is 0 Å². The third kappa shape index (κ3) is 5.85. The number of hydrogen-bond acceptors (Lipinski definition) is 3. The molecule has 0 spiro atoms. The van der Waals surface area contributed by atoms with E-state index in [0.717, 1.165) is 10.4 Å². The zero-order valence-corrected chi connectivity index (χ0v) is 16.2. The molecule has 26 heavy (non-hydrogen) atoms. The summed E-state index contributed by atoms with van der Waals surface area (Å²) in [4.78, 5) is 29.9. The van der Waals surface area contributed by atoms with Crippen molar-refractivity contribution < 1.29 is 9.59 Å². The standard InChI is InChI=1S/C21H26N2O2S/c1-4-12-22(21(25)17(2)3)16-20(24)23(15-19-11-8-13-26-19)14-18-9-6-5-7-10-18/h4-11,13,17H,1,12,14-16H2,2-3H3. The molecule has 0 aliphatic heterocycles. The second kappa shape index (κ2) is 9.92. The fraction of sp³-hybridized carbons (Fsp3) is 0.333. The van der Waals surface area contributed by atoms with Crippen LogP contribution in [0.15, 0.2) is 60.5 Å². The molecule has 0 N–H and O–H groups in total. The lowest BCUT2D eigenvalue weighted by Crippen LogP contribution is -2.43. The lowest BCUT2D eigenvalue weighted by Gasteiger charge is -2.28. The van der Waals surface area contributed by atoms with Crippen molar-refractivity contribution in [3.63, 3.8) is 0 Å². The molecule has 0 saturated carbocycles. The summed E-state index contributed by atoms with van der Waals surface area (Å²) in [6.07, 6.45) is 1.66. The van der Waals surface area contributed by atoms with E-state index in [1.807, 2.05) is 66.6 Å². The van der Waals surface area contributed by atoms with E-state index in [1.165, 1.54) is 0 Å². The Balaban J connectivity index is 2.15. The van der Waals surface area contributed by atoms with E-state index in [9.17, 15) is 9.59 Å². The third-order valence-corrected chi connectivity index (χ3v) is 4.84. The van der Waals surface area contributed by atoms with Crippen LogP contribution in [0.1, 0.15) is 24.3 Å². The van der Waals surface area contributed by atoms with Gasteiger partial charge in [0, 0.05) is 23.9 Å². The van der Waals surface area contributed by atoms with Crippen LogP contribution < -0.4 is 0 Å². The van der Waals surface area contributed by atoms with Gasteiger partial charge in [-0.1, -0.05) is 56.3 Å². The van der Waals surface area contributed by atoms with Crippen LogP contribution in [0.4, 0.5) is 0 Å². The normalized spacial score (nSPS) is 10.6. The van der Waals surface area contributed by atoms with Crippen molar-refractivity contribution in [2.24, 2.45) is 5.92 Å². The average Bonchev–Trinajstić information content (AvgIpc) is 3.14. The van der Waals surface area contributed by atoms with E-state index in [1.54, 1.807) is 22.3 Å². The average molecular weight is 371 g/mol. The summed E-state index contributed by atoms with van der Waals surface area (Å²) in [6.45, 7) is 8.91. The molecule has 0 unspecified atom stereocenters. The fourth-order valence-corrected chi connectivity index (χ4v) is 3.36. The first-order chi connectivity index (χ1) is 12.5. The molecule has 0 aliphatic rings. The van der Waals surface area contributed by atoms with Crippen molar-refractivity contribution in [1.29, 1.82) is 0 Å². The molecule has 0 atom stereocenters. The predicted octanol–water partition coefficient (Wildman–Crippen LogP) is 3.95. The molecule has 2 amide bonds. The Morgan fingerprint density at radius 3 is 2.38 bits per heavy atom. The monoisotopic (exact) mass is 370 g/mol. The maximum absolute atomic E-state index is 13.0. The van der Waals surface area contributed by atoms with E-state index in [-0.39, 0.29) is 24.3 Å². The molecule has 1 aromatic heterocycles. The Morgan fingerprint density at radius 1 is 1.08 bits per heavy atom. The summed E-state index contributed by atoms with van der Waals surface area (Å²) < 4.78 is 0. The maximum atomic E-state index is 13.0. The number of carbonyl (C=O) groups excluding carboxylic acids is 2. The number of carbonyl (C=O) groups is 2. The molecule has 0 bridgehead atoms. The molecule has 1 heterocycles. The summed E-state index contributed by atoms with van der Waals surface area (Å²) in [5.41, 5.74) is 1.07. The number of hydrogen-bond donors (Lipinski definition) is 0. The van der Waals surface area contributed by atoms with Gasteiger partial charge in [0.15, 0.2) is 0 Å². The molecule has 0 radical (unpaired) electrons. The fourth-order valence-electron chi connectivity index (χ4n) is 2.64. The van der Waals surface area contributed by atoms with Gasteiger partial charge in [0.2, 0.25) is 11.8 Å².